The van der Waals surface area contributed by atoms with Gasteiger partial charge in [0, 0.05) is 25.2 Å². The van der Waals surface area contributed by atoms with E-state index in [0.29, 0.717) is 0 Å². The Bertz CT molecular complexity index is 349. The van der Waals surface area contributed by atoms with Gasteiger partial charge in [-0.15, -0.1) is 0 Å². The Morgan fingerprint density at radius 1 is 1.06 bits per heavy atom. The molecule has 1 aromatic rings. The molecule has 1 aromatic carbocycles. The zero-order chi connectivity index (χ0) is 11.5. The van der Waals surface area contributed by atoms with Crippen LogP contribution >= 0.6 is 0 Å². The highest BCUT2D eigenvalue weighted by Gasteiger charge is 2.28. The first-order valence-corrected chi connectivity index (χ1v) is 6.92. The summed E-state index contributed by atoms with van der Waals surface area (Å²) in [7, 11) is 0. The van der Waals surface area contributed by atoms with Crippen molar-refractivity contribution in [3.63, 3.8) is 0 Å². The van der Waals surface area contributed by atoms with Crippen LogP contribution in [-0.2, 0) is 6.42 Å². The van der Waals surface area contributed by atoms with Crippen LogP contribution in [0.5, 0.6) is 0 Å². The zero-order valence-electron chi connectivity index (χ0n) is 10.4. The van der Waals surface area contributed by atoms with E-state index in [9.17, 15) is 0 Å². The summed E-state index contributed by atoms with van der Waals surface area (Å²) >= 11 is 0. The van der Waals surface area contributed by atoms with Crippen LogP contribution in [0.25, 0.3) is 0 Å². The Morgan fingerprint density at radius 3 is 2.76 bits per heavy atom. The molecule has 0 amide bonds. The Kier molecular flexibility index (Phi) is 3.44. The molecule has 2 unspecified atom stereocenters. The number of hydrogen-bond acceptors (Lipinski definition) is 2. The van der Waals surface area contributed by atoms with Crippen LogP contribution in [0.3, 0.4) is 0 Å². The number of nitrogens with zero attached hydrogens (tertiary/aromatic N) is 1. The number of likely N-dealkylation sites (tertiary alicyclic amines) is 1. The summed E-state index contributed by atoms with van der Waals surface area (Å²) in [4.78, 5) is 2.64. The van der Waals surface area contributed by atoms with Crippen molar-refractivity contribution in [2.24, 2.45) is 0 Å². The molecule has 2 saturated heterocycles. The first-order chi connectivity index (χ1) is 8.40. The van der Waals surface area contributed by atoms with E-state index in [2.05, 4.69) is 40.5 Å². The largest absolute Gasteiger partial charge is 0.310 e. The zero-order valence-corrected chi connectivity index (χ0v) is 10.4. The summed E-state index contributed by atoms with van der Waals surface area (Å²) in [5.74, 6) is 0. The first kappa shape index (κ1) is 11.2. The summed E-state index contributed by atoms with van der Waals surface area (Å²) < 4.78 is 0. The van der Waals surface area contributed by atoms with Crippen LogP contribution < -0.4 is 5.32 Å². The van der Waals surface area contributed by atoms with Crippen molar-refractivity contribution < 1.29 is 0 Å². The maximum atomic E-state index is 3.74. The third-order valence-corrected chi connectivity index (χ3v) is 4.17. The van der Waals surface area contributed by atoms with E-state index < -0.39 is 0 Å². The lowest BCUT2D eigenvalue weighted by molar-refractivity contribution is 0.262. The van der Waals surface area contributed by atoms with Crippen LogP contribution in [0.15, 0.2) is 30.3 Å². The minimum absolute atomic E-state index is 0.762. The number of benzene rings is 1. The number of rotatable bonds is 3. The Morgan fingerprint density at radius 2 is 1.88 bits per heavy atom. The van der Waals surface area contributed by atoms with Crippen LogP contribution in [-0.4, -0.2) is 36.6 Å². The van der Waals surface area contributed by atoms with Gasteiger partial charge in [-0.05, 0) is 37.8 Å². The van der Waals surface area contributed by atoms with Gasteiger partial charge in [0.1, 0.15) is 0 Å². The fourth-order valence-electron chi connectivity index (χ4n) is 3.15. The van der Waals surface area contributed by atoms with E-state index in [-0.39, 0.29) is 0 Å². The molecule has 2 aliphatic rings. The minimum atomic E-state index is 0.762. The monoisotopic (exact) mass is 230 g/mol. The van der Waals surface area contributed by atoms with E-state index in [1.807, 2.05) is 0 Å². The van der Waals surface area contributed by atoms with Gasteiger partial charge in [0.15, 0.2) is 0 Å². The second-order valence-corrected chi connectivity index (χ2v) is 5.46. The SMILES string of the molecule is c1ccc(CCN2CCC3CCC(C2)N3)cc1. The fraction of sp³-hybridized carbons (Fsp3) is 0.600. The lowest BCUT2D eigenvalue weighted by atomic mass is 10.1. The smallest absolute Gasteiger partial charge is 0.0198 e. The maximum absolute atomic E-state index is 3.74. The number of fused-ring (bicyclic) bond motifs is 2. The van der Waals surface area contributed by atoms with Gasteiger partial charge in [0.2, 0.25) is 0 Å². The van der Waals surface area contributed by atoms with Crippen molar-refractivity contribution in [2.75, 3.05) is 19.6 Å². The number of nitrogens with one attached hydrogen (secondary N) is 1. The highest BCUT2D eigenvalue weighted by Crippen LogP contribution is 2.20. The van der Waals surface area contributed by atoms with Crippen molar-refractivity contribution >= 4 is 0 Å². The minimum Gasteiger partial charge on any atom is -0.310 e. The summed E-state index contributed by atoms with van der Waals surface area (Å²) in [5.41, 5.74) is 1.47. The quantitative estimate of drug-likeness (QED) is 0.855. The van der Waals surface area contributed by atoms with Gasteiger partial charge in [-0.25, -0.2) is 0 Å². The molecule has 2 atom stereocenters. The summed E-state index contributed by atoms with van der Waals surface area (Å²) in [6.45, 7) is 3.75. The normalized spacial score (nSPS) is 29.2. The van der Waals surface area contributed by atoms with Crippen molar-refractivity contribution in [2.45, 2.75) is 37.8 Å². The van der Waals surface area contributed by atoms with E-state index in [1.54, 1.807) is 0 Å². The lowest BCUT2D eigenvalue weighted by Gasteiger charge is -2.23. The first-order valence-electron chi connectivity index (χ1n) is 6.92. The van der Waals surface area contributed by atoms with E-state index >= 15 is 0 Å². The van der Waals surface area contributed by atoms with Crippen molar-refractivity contribution in [1.29, 1.82) is 0 Å². The van der Waals surface area contributed by atoms with E-state index in [4.69, 9.17) is 0 Å². The second kappa shape index (κ2) is 5.19. The van der Waals surface area contributed by atoms with Gasteiger partial charge in [0.05, 0.1) is 0 Å². The van der Waals surface area contributed by atoms with Gasteiger partial charge in [-0.3, -0.25) is 0 Å². The molecule has 0 saturated carbocycles. The van der Waals surface area contributed by atoms with Gasteiger partial charge >= 0.3 is 0 Å². The molecule has 92 valence electrons. The molecule has 2 bridgehead atoms. The molecule has 2 heteroatoms. The molecule has 2 fully saturated rings. The molecule has 0 radical (unpaired) electrons. The maximum Gasteiger partial charge on any atom is 0.0198 e. The molecule has 2 nitrogen and oxygen atoms in total. The molecule has 1 N–H and O–H groups in total. The topological polar surface area (TPSA) is 15.3 Å². The van der Waals surface area contributed by atoms with Crippen LogP contribution in [0, 0.1) is 0 Å². The third-order valence-electron chi connectivity index (χ3n) is 4.17. The summed E-state index contributed by atoms with van der Waals surface area (Å²) in [6.07, 6.45) is 5.31. The van der Waals surface area contributed by atoms with Gasteiger partial charge in [0.25, 0.3) is 0 Å². The average molecular weight is 230 g/mol. The van der Waals surface area contributed by atoms with Crippen molar-refractivity contribution in [3.05, 3.63) is 35.9 Å². The van der Waals surface area contributed by atoms with E-state index in [0.717, 1.165) is 12.1 Å². The standard InChI is InChI=1S/C15H22N2/c1-2-4-13(5-3-1)8-10-17-11-9-14-6-7-15(12-17)16-14/h1-5,14-16H,6-12H2. The van der Waals surface area contributed by atoms with E-state index in [1.165, 1.54) is 50.9 Å². The Hall–Kier alpha value is -0.860. The summed E-state index contributed by atoms with van der Waals surface area (Å²) in [6, 6.07) is 12.4. The fourth-order valence-corrected chi connectivity index (χ4v) is 3.15. The lowest BCUT2D eigenvalue weighted by Crippen LogP contribution is -2.36. The molecule has 2 aliphatic heterocycles. The predicted molar refractivity (Wildman–Crippen MR) is 71.1 cm³/mol. The third kappa shape index (κ3) is 2.88. The molecule has 2 heterocycles. The van der Waals surface area contributed by atoms with Crippen LogP contribution in [0.4, 0.5) is 0 Å². The van der Waals surface area contributed by atoms with Gasteiger partial charge in [-0.1, -0.05) is 30.3 Å². The number of hydrogen-bond donors (Lipinski definition) is 1. The van der Waals surface area contributed by atoms with Crippen LogP contribution in [0.1, 0.15) is 24.8 Å². The highest BCUT2D eigenvalue weighted by atomic mass is 15.2. The Labute approximate surface area is 104 Å². The highest BCUT2D eigenvalue weighted by molar-refractivity contribution is 5.14. The van der Waals surface area contributed by atoms with Crippen molar-refractivity contribution in [3.8, 4) is 0 Å². The molecular formula is C15H22N2. The predicted octanol–water partition coefficient (Wildman–Crippen LogP) is 2.06. The van der Waals surface area contributed by atoms with Gasteiger partial charge < -0.3 is 10.2 Å². The summed E-state index contributed by atoms with van der Waals surface area (Å²) in [5, 5.41) is 3.74. The van der Waals surface area contributed by atoms with Crippen LogP contribution in [0.2, 0.25) is 0 Å². The molecule has 0 spiro atoms. The van der Waals surface area contributed by atoms with Crippen molar-refractivity contribution in [1.82, 2.24) is 10.2 Å². The molecule has 0 aromatic heterocycles. The van der Waals surface area contributed by atoms with Gasteiger partial charge in [-0.2, -0.15) is 0 Å². The molecule has 0 aliphatic carbocycles. The molecular weight excluding hydrogens is 208 g/mol. The molecule has 17 heavy (non-hydrogen) atoms. The Balaban J connectivity index is 1.52. The molecule has 3 rings (SSSR count). The second-order valence-electron chi connectivity index (χ2n) is 5.46. The average Bonchev–Trinajstić information content (AvgIpc) is 2.70.